The number of hydrogen-bond acceptors (Lipinski definition) is 6. The summed E-state index contributed by atoms with van der Waals surface area (Å²) in [5.41, 5.74) is 22.6. The molecule has 0 saturated heterocycles. The number of aromatic nitrogens is 3. The summed E-state index contributed by atoms with van der Waals surface area (Å²) < 4.78 is 9.41. The maximum atomic E-state index is 7.08. The summed E-state index contributed by atoms with van der Waals surface area (Å²) in [5, 5.41) is 2.10. The van der Waals surface area contributed by atoms with E-state index in [2.05, 4.69) is 249 Å². The molecule has 373 valence electrons. The second-order valence-electron chi connectivity index (χ2n) is 20.1. The number of anilines is 9. The van der Waals surface area contributed by atoms with Crippen LogP contribution in [0.4, 0.5) is 51.2 Å². The van der Waals surface area contributed by atoms with E-state index in [1.54, 1.807) is 0 Å². The normalized spacial score (nSPS) is 12.4. The molecule has 7 nitrogen and oxygen atoms in total. The number of pyridine rings is 1. The van der Waals surface area contributed by atoms with Gasteiger partial charge >= 0.3 is 0 Å². The number of benzene rings is 9. The Kier molecular flexibility index (Phi) is 12.5. The zero-order valence-corrected chi connectivity index (χ0v) is 45.6. The molecule has 0 spiro atoms. The second-order valence-corrected chi connectivity index (χ2v) is 20.1. The van der Waals surface area contributed by atoms with E-state index in [-0.39, 0.29) is 20.1 Å². The molecule has 0 bridgehead atoms. The van der Waals surface area contributed by atoms with E-state index >= 15 is 0 Å². The van der Waals surface area contributed by atoms with Crippen LogP contribution in [0, 0.1) is 26.0 Å². The maximum absolute atomic E-state index is 7.08. The van der Waals surface area contributed by atoms with Crippen LogP contribution in [0.2, 0.25) is 0 Å². The van der Waals surface area contributed by atoms with Gasteiger partial charge in [-0.25, -0.2) is 0 Å². The first-order valence-electron chi connectivity index (χ1n) is 25.9. The van der Waals surface area contributed by atoms with Gasteiger partial charge in [-0.2, -0.15) is 0 Å². The average molecular weight is 1160 g/mol. The smallest absolute Gasteiger partial charge is 0.147 e. The third-order valence-corrected chi connectivity index (χ3v) is 14.8. The second kappa shape index (κ2) is 19.6. The van der Waals surface area contributed by atoms with Crippen molar-refractivity contribution in [2.45, 2.75) is 53.4 Å². The summed E-state index contributed by atoms with van der Waals surface area (Å²) in [5.74, 6) is 1.80. The first-order valence-corrected chi connectivity index (χ1v) is 25.9. The first kappa shape index (κ1) is 48.4. The molecule has 3 aromatic heterocycles. The van der Waals surface area contributed by atoms with Gasteiger partial charge in [0.1, 0.15) is 11.3 Å². The Balaban J connectivity index is 0.000000177. The minimum atomic E-state index is 0. The monoisotopic (exact) mass is 1160 g/mol. The minimum Gasteiger partial charge on any atom is -0.498 e. The number of furan rings is 1. The molecule has 12 aromatic rings. The fourth-order valence-electron chi connectivity index (χ4n) is 11.1. The Morgan fingerprint density at radius 1 is 0.474 bits per heavy atom. The SMILES string of the molecule is CC(C)c1cccc(C(C)C)c1-n1c(-c2[c-]cccc2)nc2ccccc21.Cc1cnc(-c2[c-]ccc3c2oc2c4c(ccc23)N(c2ccccc2)c2cccc3c2N4c2ccccc2N3c2ccccc2)cc1C.[Ir]. The van der Waals surface area contributed by atoms with Gasteiger partial charge in [0.05, 0.1) is 56.6 Å². The van der Waals surface area contributed by atoms with Crippen LogP contribution in [0.25, 0.3) is 61.3 Å². The van der Waals surface area contributed by atoms with E-state index in [1.165, 1.54) is 22.4 Å². The Hall–Kier alpha value is -8.55. The molecule has 9 aromatic carbocycles. The van der Waals surface area contributed by atoms with Crippen molar-refractivity contribution in [2.24, 2.45) is 0 Å². The zero-order valence-electron chi connectivity index (χ0n) is 43.2. The van der Waals surface area contributed by atoms with Gasteiger partial charge in [-0.15, -0.1) is 54.1 Å². The molecule has 0 fully saturated rings. The number of para-hydroxylation sites is 8. The number of fused-ring (bicyclic) bond motifs is 9. The van der Waals surface area contributed by atoms with Gasteiger partial charge in [-0.05, 0) is 121 Å². The van der Waals surface area contributed by atoms with Crippen LogP contribution in [0.15, 0.2) is 211 Å². The molecule has 0 amide bonds. The van der Waals surface area contributed by atoms with Gasteiger partial charge in [-0.3, -0.25) is 9.88 Å². The molecule has 2 aliphatic rings. The summed E-state index contributed by atoms with van der Waals surface area (Å²) in [7, 11) is 0. The van der Waals surface area contributed by atoms with Crippen molar-refractivity contribution >= 4 is 84.2 Å². The molecule has 8 heteroatoms. The van der Waals surface area contributed by atoms with Crippen LogP contribution < -0.4 is 14.7 Å². The van der Waals surface area contributed by atoms with Gasteiger partial charge in [0.2, 0.25) is 0 Å². The Morgan fingerprint density at radius 2 is 1.05 bits per heavy atom. The molecule has 1 radical (unpaired) electrons. The van der Waals surface area contributed by atoms with Gasteiger partial charge in [0.25, 0.3) is 0 Å². The zero-order chi connectivity index (χ0) is 50.9. The van der Waals surface area contributed by atoms with E-state index in [0.29, 0.717) is 11.8 Å². The molecule has 0 atom stereocenters. The fourth-order valence-corrected chi connectivity index (χ4v) is 11.1. The van der Waals surface area contributed by atoms with Crippen molar-refractivity contribution in [1.29, 1.82) is 0 Å². The fraction of sp³-hybridized carbons (Fsp3) is 0.118. The van der Waals surface area contributed by atoms with Crippen molar-refractivity contribution in [2.75, 3.05) is 14.7 Å². The van der Waals surface area contributed by atoms with E-state index in [9.17, 15) is 0 Å². The van der Waals surface area contributed by atoms with E-state index in [4.69, 9.17) is 14.4 Å². The molecular formula is C68H54IrN6O-2. The maximum Gasteiger partial charge on any atom is 0.147 e. The number of nitrogens with zero attached hydrogens (tertiary/aromatic N) is 6. The van der Waals surface area contributed by atoms with Crippen LogP contribution >= 0.6 is 0 Å². The molecule has 5 heterocycles. The van der Waals surface area contributed by atoms with Crippen molar-refractivity contribution in [3.63, 3.8) is 0 Å². The Bertz CT molecular complexity index is 4090. The molecule has 0 N–H and O–H groups in total. The summed E-state index contributed by atoms with van der Waals surface area (Å²) in [6.07, 6.45) is 1.93. The molecule has 0 saturated carbocycles. The predicted molar refractivity (Wildman–Crippen MR) is 310 cm³/mol. The molecule has 2 aliphatic heterocycles. The van der Waals surface area contributed by atoms with E-state index < -0.39 is 0 Å². The van der Waals surface area contributed by atoms with Crippen molar-refractivity contribution < 1.29 is 24.5 Å². The average Bonchev–Trinajstić information content (AvgIpc) is 4.10. The van der Waals surface area contributed by atoms with Crippen LogP contribution in [-0.4, -0.2) is 14.5 Å². The van der Waals surface area contributed by atoms with Crippen molar-refractivity contribution in [3.05, 3.63) is 241 Å². The third kappa shape index (κ3) is 7.90. The first-order chi connectivity index (χ1) is 36.7. The Morgan fingerprint density at radius 3 is 1.71 bits per heavy atom. The van der Waals surface area contributed by atoms with Crippen LogP contribution in [0.1, 0.15) is 61.8 Å². The Labute approximate surface area is 457 Å². The van der Waals surface area contributed by atoms with E-state index in [1.807, 2.05) is 30.5 Å². The predicted octanol–water partition coefficient (Wildman–Crippen LogP) is 18.8. The van der Waals surface area contributed by atoms with E-state index in [0.717, 1.165) is 112 Å². The molecule has 76 heavy (non-hydrogen) atoms. The van der Waals surface area contributed by atoms with Gasteiger partial charge in [0.15, 0.2) is 0 Å². The van der Waals surface area contributed by atoms with Crippen LogP contribution in [0.5, 0.6) is 0 Å². The minimum absolute atomic E-state index is 0. The summed E-state index contributed by atoms with van der Waals surface area (Å²) >= 11 is 0. The van der Waals surface area contributed by atoms with Gasteiger partial charge in [-0.1, -0.05) is 135 Å². The van der Waals surface area contributed by atoms with Crippen LogP contribution in [0.3, 0.4) is 0 Å². The third-order valence-electron chi connectivity index (χ3n) is 14.8. The van der Waals surface area contributed by atoms with Crippen molar-refractivity contribution in [3.8, 4) is 28.3 Å². The number of imidazole rings is 1. The summed E-state index contributed by atoms with van der Waals surface area (Å²) in [6.45, 7) is 13.2. The summed E-state index contributed by atoms with van der Waals surface area (Å²) in [6, 6.07) is 77.1. The molecular weight excluding hydrogens is 1110 g/mol. The number of rotatable bonds is 7. The molecule has 0 aliphatic carbocycles. The molecule has 0 unspecified atom stereocenters. The van der Waals surface area contributed by atoms with Crippen LogP contribution in [-0.2, 0) is 20.1 Å². The molecule has 14 rings (SSSR count). The topological polar surface area (TPSA) is 53.6 Å². The number of aryl methyl sites for hydroxylation is 2. The summed E-state index contributed by atoms with van der Waals surface area (Å²) in [4.78, 5) is 16.9. The van der Waals surface area contributed by atoms with Gasteiger partial charge < -0.3 is 23.8 Å². The standard InChI is InChI=1S/C43H29N4O.C25H25N2.Ir/c1-27-25-34(44-26-28(27)2)33-18-11-17-31-32-23-24-39-41(43(32)48-42(31)33)47-36-20-10-9-19-35(36)45(29-13-5-3-6-14-29)37-21-12-22-38(40(37)47)46(39)30-15-7-4-8-16-30;1-17(2)20-13-10-14-21(18(3)4)24(20)27-23-16-9-8-15-22(23)26-25(27)19-11-6-5-7-12-19;/h3-17,19-26H,1-2H3;5-11,13-18H,1-4H3;/q2*-1;. The number of hydrogen-bond donors (Lipinski definition) is 0. The largest absolute Gasteiger partial charge is 0.498 e. The van der Waals surface area contributed by atoms with Gasteiger partial charge in [0, 0.05) is 48.8 Å². The van der Waals surface area contributed by atoms with Crippen molar-refractivity contribution in [1.82, 2.24) is 14.5 Å². The quantitative estimate of drug-likeness (QED) is 0.148.